The summed E-state index contributed by atoms with van der Waals surface area (Å²) in [7, 11) is 0. The van der Waals surface area contributed by atoms with Gasteiger partial charge in [0.15, 0.2) is 6.35 Å². The molecular weight excluding hydrogens is 444 g/mol. The van der Waals surface area contributed by atoms with Crippen molar-refractivity contribution in [3.05, 3.63) is 75.1 Å². The maximum absolute atomic E-state index is 13.7. The molecule has 1 aromatic heterocycles. The van der Waals surface area contributed by atoms with Crippen LogP contribution in [0.1, 0.15) is 21.6 Å². The van der Waals surface area contributed by atoms with E-state index in [2.05, 4.69) is 10.4 Å². The third-order valence-corrected chi connectivity index (χ3v) is 5.91. The number of nitrogens with one attached hydrogen (secondary N) is 1. The van der Waals surface area contributed by atoms with Crippen LogP contribution in [-0.4, -0.2) is 38.6 Å². The number of nitrogens with two attached hydrogens (primary N) is 1. The number of fused-ring (bicyclic) bond motifs is 1. The van der Waals surface area contributed by atoms with E-state index in [1.54, 1.807) is 33.8 Å². The van der Waals surface area contributed by atoms with Crippen molar-refractivity contribution in [1.82, 2.24) is 20.0 Å². The molecule has 2 aromatic carbocycles. The number of carbonyl (C=O) groups excluding carboxylic acids is 1. The zero-order valence-electron chi connectivity index (χ0n) is 16.4. The van der Waals surface area contributed by atoms with Gasteiger partial charge < -0.3 is 10.8 Å². The SMILES string of the molecule is NC(=O)c1c(-c2cccc(F)c2)nn2c1CN(C(O)NCc1ccc(Cl)c(Cl)c1)CC2. The first kappa shape index (κ1) is 21.7. The lowest BCUT2D eigenvalue weighted by molar-refractivity contribution is -0.0398. The molecule has 0 spiro atoms. The molecule has 1 aliphatic rings. The van der Waals surface area contributed by atoms with E-state index in [-0.39, 0.29) is 12.1 Å². The van der Waals surface area contributed by atoms with Gasteiger partial charge in [0.2, 0.25) is 0 Å². The lowest BCUT2D eigenvalue weighted by Gasteiger charge is -2.32. The van der Waals surface area contributed by atoms with E-state index in [0.717, 1.165) is 5.56 Å². The predicted octanol–water partition coefficient (Wildman–Crippen LogP) is 2.98. The predicted molar refractivity (Wildman–Crippen MR) is 116 cm³/mol. The third kappa shape index (κ3) is 4.58. The monoisotopic (exact) mass is 463 g/mol. The highest BCUT2D eigenvalue weighted by Crippen LogP contribution is 2.29. The Balaban J connectivity index is 1.53. The van der Waals surface area contributed by atoms with Gasteiger partial charge in [0.25, 0.3) is 5.91 Å². The summed E-state index contributed by atoms with van der Waals surface area (Å²) in [5.41, 5.74) is 8.11. The number of hydrogen-bond acceptors (Lipinski definition) is 5. The first-order valence-electron chi connectivity index (χ1n) is 9.58. The third-order valence-electron chi connectivity index (χ3n) is 5.17. The Bertz CT molecular complexity index is 1140. The molecule has 1 atom stereocenters. The number of halogens is 3. The van der Waals surface area contributed by atoms with Crippen LogP contribution in [0.5, 0.6) is 0 Å². The summed E-state index contributed by atoms with van der Waals surface area (Å²) < 4.78 is 15.4. The maximum atomic E-state index is 13.7. The molecule has 0 saturated heterocycles. The fourth-order valence-corrected chi connectivity index (χ4v) is 3.95. The molecular formula is C21H20Cl2FN5O2. The topological polar surface area (TPSA) is 96.4 Å². The minimum absolute atomic E-state index is 0.229. The van der Waals surface area contributed by atoms with Crippen LogP contribution in [0.4, 0.5) is 4.39 Å². The van der Waals surface area contributed by atoms with Crippen LogP contribution >= 0.6 is 23.2 Å². The van der Waals surface area contributed by atoms with Gasteiger partial charge in [-0.2, -0.15) is 5.10 Å². The number of aromatic nitrogens is 2. The minimum atomic E-state index is -0.976. The summed E-state index contributed by atoms with van der Waals surface area (Å²) in [5, 5.41) is 19.0. The van der Waals surface area contributed by atoms with Gasteiger partial charge in [-0.05, 0) is 29.8 Å². The van der Waals surface area contributed by atoms with Crippen molar-refractivity contribution >= 4 is 29.1 Å². The van der Waals surface area contributed by atoms with Crippen LogP contribution in [0.15, 0.2) is 42.5 Å². The number of benzene rings is 2. The van der Waals surface area contributed by atoms with Gasteiger partial charge in [0, 0.05) is 25.2 Å². The number of hydrogen-bond donors (Lipinski definition) is 3. The molecule has 0 aliphatic carbocycles. The summed E-state index contributed by atoms with van der Waals surface area (Å²) in [4.78, 5) is 14.0. The van der Waals surface area contributed by atoms with Gasteiger partial charge >= 0.3 is 0 Å². The first-order chi connectivity index (χ1) is 14.8. The Morgan fingerprint density at radius 3 is 2.74 bits per heavy atom. The molecule has 0 bridgehead atoms. The smallest absolute Gasteiger partial charge is 0.252 e. The maximum Gasteiger partial charge on any atom is 0.252 e. The number of aliphatic hydroxyl groups is 1. The molecule has 3 aromatic rings. The van der Waals surface area contributed by atoms with Crippen molar-refractivity contribution in [2.45, 2.75) is 26.0 Å². The molecule has 4 N–H and O–H groups in total. The van der Waals surface area contributed by atoms with Crippen LogP contribution in [0, 0.1) is 5.82 Å². The van der Waals surface area contributed by atoms with Crippen molar-refractivity contribution in [2.75, 3.05) is 6.54 Å². The number of nitrogens with zero attached hydrogens (tertiary/aromatic N) is 3. The fraction of sp³-hybridized carbons (Fsp3) is 0.238. The highest BCUT2D eigenvalue weighted by molar-refractivity contribution is 6.42. The second kappa shape index (κ2) is 8.94. The van der Waals surface area contributed by atoms with Crippen molar-refractivity contribution < 1.29 is 14.3 Å². The molecule has 2 heterocycles. The molecule has 0 saturated carbocycles. The van der Waals surface area contributed by atoms with E-state index in [1.807, 2.05) is 6.07 Å². The van der Waals surface area contributed by atoms with Gasteiger partial charge in [-0.1, -0.05) is 41.4 Å². The van der Waals surface area contributed by atoms with Crippen LogP contribution in [-0.2, 0) is 19.6 Å². The summed E-state index contributed by atoms with van der Waals surface area (Å²) in [6.45, 7) is 1.54. The van der Waals surface area contributed by atoms with Gasteiger partial charge in [-0.25, -0.2) is 4.39 Å². The number of rotatable bonds is 6. The van der Waals surface area contributed by atoms with E-state index in [0.29, 0.717) is 46.6 Å². The van der Waals surface area contributed by atoms with E-state index in [4.69, 9.17) is 28.9 Å². The molecule has 0 fully saturated rings. The zero-order valence-corrected chi connectivity index (χ0v) is 17.9. The van der Waals surface area contributed by atoms with E-state index < -0.39 is 18.1 Å². The van der Waals surface area contributed by atoms with E-state index in [9.17, 15) is 14.3 Å². The molecule has 162 valence electrons. The number of amides is 1. The van der Waals surface area contributed by atoms with Crippen molar-refractivity contribution in [1.29, 1.82) is 0 Å². The van der Waals surface area contributed by atoms with Gasteiger partial charge in [0.05, 0.1) is 27.8 Å². The largest absolute Gasteiger partial charge is 0.365 e. The molecule has 1 amide bonds. The van der Waals surface area contributed by atoms with Crippen LogP contribution in [0.2, 0.25) is 10.0 Å². The summed E-state index contributed by atoms with van der Waals surface area (Å²) in [6, 6.07) is 11.1. The number of carbonyl (C=O) groups is 1. The lowest BCUT2D eigenvalue weighted by Crippen LogP contribution is -2.48. The van der Waals surface area contributed by atoms with Crippen molar-refractivity contribution in [3.63, 3.8) is 0 Å². The summed E-state index contributed by atoms with van der Waals surface area (Å²) >= 11 is 12.0. The van der Waals surface area contributed by atoms with Crippen LogP contribution in [0.25, 0.3) is 11.3 Å². The van der Waals surface area contributed by atoms with E-state index >= 15 is 0 Å². The Morgan fingerprint density at radius 2 is 2.03 bits per heavy atom. The Morgan fingerprint density at radius 1 is 1.23 bits per heavy atom. The van der Waals surface area contributed by atoms with Crippen molar-refractivity contribution in [2.24, 2.45) is 5.73 Å². The second-order valence-corrected chi connectivity index (χ2v) is 8.06. The Hall–Kier alpha value is -2.49. The Labute approximate surface area is 188 Å². The van der Waals surface area contributed by atoms with Crippen molar-refractivity contribution in [3.8, 4) is 11.3 Å². The standard InChI is InChI=1S/C21H20Cl2FN5O2/c22-15-5-4-12(8-16(15)23)10-26-21(31)28-6-7-29-17(11-28)18(20(25)30)19(27-29)13-2-1-3-14(24)9-13/h1-5,8-9,21,26,31H,6-7,10-11H2,(H2,25,30). The Kier molecular flexibility index (Phi) is 6.27. The summed E-state index contributed by atoms with van der Waals surface area (Å²) in [6.07, 6.45) is -0.976. The normalized spacial score (nSPS) is 15.0. The van der Waals surface area contributed by atoms with Crippen LogP contribution < -0.4 is 11.1 Å². The second-order valence-electron chi connectivity index (χ2n) is 7.24. The fourth-order valence-electron chi connectivity index (χ4n) is 3.63. The molecule has 4 rings (SSSR count). The average Bonchev–Trinajstić information content (AvgIpc) is 3.13. The molecule has 31 heavy (non-hydrogen) atoms. The zero-order chi connectivity index (χ0) is 22.1. The van der Waals surface area contributed by atoms with E-state index in [1.165, 1.54) is 12.1 Å². The quantitative estimate of drug-likeness (QED) is 0.488. The molecule has 1 unspecified atom stereocenters. The minimum Gasteiger partial charge on any atom is -0.365 e. The molecule has 7 nitrogen and oxygen atoms in total. The first-order valence-corrected chi connectivity index (χ1v) is 10.3. The molecule has 1 aliphatic heterocycles. The lowest BCUT2D eigenvalue weighted by atomic mass is 10.0. The number of aliphatic hydroxyl groups excluding tert-OH is 1. The summed E-state index contributed by atoms with van der Waals surface area (Å²) in [5.74, 6) is -1.08. The highest BCUT2D eigenvalue weighted by atomic mass is 35.5. The highest BCUT2D eigenvalue weighted by Gasteiger charge is 2.30. The van der Waals surface area contributed by atoms with Crippen LogP contribution in [0.3, 0.4) is 0 Å². The number of primary amides is 1. The average molecular weight is 464 g/mol. The van der Waals surface area contributed by atoms with Gasteiger partial charge in [-0.3, -0.25) is 19.7 Å². The molecule has 10 heteroatoms. The van der Waals surface area contributed by atoms with Gasteiger partial charge in [-0.15, -0.1) is 0 Å². The molecule has 0 radical (unpaired) electrons. The van der Waals surface area contributed by atoms with Gasteiger partial charge in [0.1, 0.15) is 11.5 Å².